The molecule has 0 atom stereocenters. The first-order chi connectivity index (χ1) is 9.58. The van der Waals surface area contributed by atoms with Crippen LogP contribution in [0.2, 0.25) is 5.02 Å². The van der Waals surface area contributed by atoms with Crippen LogP contribution in [0.4, 0.5) is 0 Å². The number of benzene rings is 2. The molecule has 20 heavy (non-hydrogen) atoms. The third-order valence-corrected chi connectivity index (χ3v) is 4.00. The van der Waals surface area contributed by atoms with Crippen LogP contribution in [0.1, 0.15) is 27.0 Å². The first-order valence-corrected chi connectivity index (χ1v) is 6.83. The smallest absolute Gasteiger partial charge is 0.195 e. The molecule has 0 saturated heterocycles. The summed E-state index contributed by atoms with van der Waals surface area (Å²) in [7, 11) is 0. The molecule has 3 rings (SSSR count). The standard InChI is InChI=1S/C17H14ClNO/c1-10-6-7-16-13(8-10)14(9-19-16)17(20)12-4-3-5-15(18)11(12)2/h3-9,19H,1-2H3. The Morgan fingerprint density at radius 1 is 1.10 bits per heavy atom. The van der Waals surface area contributed by atoms with E-state index in [0.29, 0.717) is 16.1 Å². The minimum Gasteiger partial charge on any atom is -0.360 e. The van der Waals surface area contributed by atoms with Gasteiger partial charge >= 0.3 is 0 Å². The minimum absolute atomic E-state index is 0.00171. The van der Waals surface area contributed by atoms with Gasteiger partial charge in [-0.25, -0.2) is 0 Å². The number of ketones is 1. The fraction of sp³-hybridized carbons (Fsp3) is 0.118. The van der Waals surface area contributed by atoms with E-state index in [1.807, 2.05) is 44.2 Å². The highest BCUT2D eigenvalue weighted by Gasteiger charge is 2.17. The summed E-state index contributed by atoms with van der Waals surface area (Å²) >= 11 is 6.10. The molecule has 3 heteroatoms. The van der Waals surface area contributed by atoms with Crippen LogP contribution in [-0.2, 0) is 0 Å². The van der Waals surface area contributed by atoms with Crippen molar-refractivity contribution in [3.63, 3.8) is 0 Å². The van der Waals surface area contributed by atoms with Crippen LogP contribution in [0.25, 0.3) is 10.9 Å². The number of carbonyl (C=O) groups excluding carboxylic acids is 1. The van der Waals surface area contributed by atoms with Crippen molar-refractivity contribution in [1.82, 2.24) is 4.98 Å². The van der Waals surface area contributed by atoms with Gasteiger partial charge in [-0.1, -0.05) is 35.4 Å². The van der Waals surface area contributed by atoms with Gasteiger partial charge in [-0.05, 0) is 37.6 Å². The number of nitrogens with one attached hydrogen (secondary N) is 1. The highest BCUT2D eigenvalue weighted by atomic mass is 35.5. The molecule has 0 aliphatic rings. The molecular formula is C17H14ClNO. The van der Waals surface area contributed by atoms with E-state index in [0.717, 1.165) is 22.0 Å². The number of aryl methyl sites for hydroxylation is 1. The molecule has 1 N–H and O–H groups in total. The lowest BCUT2D eigenvalue weighted by atomic mass is 9.98. The number of rotatable bonds is 2. The summed E-state index contributed by atoms with van der Waals surface area (Å²) in [6.07, 6.45) is 1.77. The highest BCUT2D eigenvalue weighted by Crippen LogP contribution is 2.26. The molecule has 0 fully saturated rings. The van der Waals surface area contributed by atoms with Crippen molar-refractivity contribution in [2.24, 2.45) is 0 Å². The Labute approximate surface area is 122 Å². The van der Waals surface area contributed by atoms with Crippen molar-refractivity contribution in [3.8, 4) is 0 Å². The number of hydrogen-bond donors (Lipinski definition) is 1. The fourth-order valence-corrected chi connectivity index (χ4v) is 2.60. The van der Waals surface area contributed by atoms with Crippen molar-refractivity contribution in [2.75, 3.05) is 0 Å². The zero-order valence-corrected chi connectivity index (χ0v) is 12.1. The van der Waals surface area contributed by atoms with Crippen molar-refractivity contribution in [3.05, 3.63) is 69.9 Å². The summed E-state index contributed by atoms with van der Waals surface area (Å²) < 4.78 is 0. The molecular weight excluding hydrogens is 270 g/mol. The van der Waals surface area contributed by atoms with Gasteiger partial charge in [0.15, 0.2) is 5.78 Å². The predicted molar refractivity (Wildman–Crippen MR) is 82.7 cm³/mol. The van der Waals surface area contributed by atoms with Gasteiger partial charge in [0.1, 0.15) is 0 Å². The van der Waals surface area contributed by atoms with Crippen molar-refractivity contribution in [2.45, 2.75) is 13.8 Å². The van der Waals surface area contributed by atoms with E-state index in [4.69, 9.17) is 11.6 Å². The third kappa shape index (κ3) is 2.02. The molecule has 2 nitrogen and oxygen atoms in total. The molecule has 0 saturated carbocycles. The number of aromatic amines is 1. The maximum atomic E-state index is 12.7. The average Bonchev–Trinajstić information content (AvgIpc) is 2.84. The van der Waals surface area contributed by atoms with Crippen LogP contribution in [0.15, 0.2) is 42.6 Å². The molecule has 3 aromatic rings. The molecule has 1 heterocycles. The first-order valence-electron chi connectivity index (χ1n) is 6.45. The number of hydrogen-bond acceptors (Lipinski definition) is 1. The minimum atomic E-state index is 0.00171. The second-order valence-corrected chi connectivity index (χ2v) is 5.40. The van der Waals surface area contributed by atoms with Crippen molar-refractivity contribution >= 4 is 28.3 Å². The molecule has 0 aliphatic heterocycles. The van der Waals surface area contributed by atoms with Gasteiger partial charge in [0.05, 0.1) is 0 Å². The zero-order chi connectivity index (χ0) is 14.3. The van der Waals surface area contributed by atoms with Crippen LogP contribution in [0.3, 0.4) is 0 Å². The largest absolute Gasteiger partial charge is 0.360 e. The van der Waals surface area contributed by atoms with Gasteiger partial charge < -0.3 is 4.98 Å². The molecule has 0 aliphatic carbocycles. The molecule has 1 aromatic heterocycles. The molecule has 0 unspecified atom stereocenters. The topological polar surface area (TPSA) is 32.9 Å². The van der Waals surface area contributed by atoms with E-state index < -0.39 is 0 Å². The second kappa shape index (κ2) is 4.80. The second-order valence-electron chi connectivity index (χ2n) is 4.99. The molecule has 2 aromatic carbocycles. The molecule has 0 spiro atoms. The highest BCUT2D eigenvalue weighted by molar-refractivity contribution is 6.32. The normalized spacial score (nSPS) is 10.9. The van der Waals surface area contributed by atoms with Crippen LogP contribution >= 0.6 is 11.6 Å². The number of fused-ring (bicyclic) bond motifs is 1. The average molecular weight is 284 g/mol. The molecule has 0 radical (unpaired) electrons. The van der Waals surface area contributed by atoms with E-state index in [9.17, 15) is 4.79 Å². The molecule has 0 bridgehead atoms. The Bertz CT molecular complexity index is 817. The maximum Gasteiger partial charge on any atom is 0.195 e. The van der Waals surface area contributed by atoms with E-state index in [2.05, 4.69) is 4.98 Å². The first kappa shape index (κ1) is 12.9. The number of aromatic nitrogens is 1. The Balaban J connectivity index is 2.18. The van der Waals surface area contributed by atoms with E-state index in [1.165, 1.54) is 0 Å². The lowest BCUT2D eigenvalue weighted by Crippen LogP contribution is -2.03. The zero-order valence-electron chi connectivity index (χ0n) is 11.3. The van der Waals surface area contributed by atoms with E-state index in [-0.39, 0.29) is 5.78 Å². The van der Waals surface area contributed by atoms with Crippen LogP contribution in [-0.4, -0.2) is 10.8 Å². The van der Waals surface area contributed by atoms with Crippen LogP contribution < -0.4 is 0 Å². The van der Waals surface area contributed by atoms with Gasteiger partial charge in [-0.3, -0.25) is 4.79 Å². The predicted octanol–water partition coefficient (Wildman–Crippen LogP) is 4.67. The summed E-state index contributed by atoms with van der Waals surface area (Å²) in [6, 6.07) is 11.5. The van der Waals surface area contributed by atoms with Gasteiger partial charge in [0.2, 0.25) is 0 Å². The quantitative estimate of drug-likeness (QED) is 0.681. The summed E-state index contributed by atoms with van der Waals surface area (Å²) in [6.45, 7) is 3.89. The van der Waals surface area contributed by atoms with E-state index >= 15 is 0 Å². The summed E-state index contributed by atoms with van der Waals surface area (Å²) in [5.41, 5.74) is 4.27. The monoisotopic (exact) mass is 283 g/mol. The summed E-state index contributed by atoms with van der Waals surface area (Å²) in [4.78, 5) is 15.9. The van der Waals surface area contributed by atoms with Crippen LogP contribution in [0.5, 0.6) is 0 Å². The van der Waals surface area contributed by atoms with Gasteiger partial charge in [-0.2, -0.15) is 0 Å². The number of H-pyrrole nitrogens is 1. The Morgan fingerprint density at radius 3 is 2.70 bits per heavy atom. The van der Waals surface area contributed by atoms with Crippen molar-refractivity contribution < 1.29 is 4.79 Å². The Hall–Kier alpha value is -2.06. The van der Waals surface area contributed by atoms with Crippen molar-refractivity contribution in [1.29, 1.82) is 0 Å². The van der Waals surface area contributed by atoms with Gasteiger partial charge in [-0.15, -0.1) is 0 Å². The Kier molecular flexibility index (Phi) is 3.11. The lowest BCUT2D eigenvalue weighted by molar-refractivity contribution is 0.104. The van der Waals surface area contributed by atoms with E-state index in [1.54, 1.807) is 12.3 Å². The molecule has 0 amide bonds. The summed E-state index contributed by atoms with van der Waals surface area (Å²) in [5, 5.41) is 1.57. The third-order valence-electron chi connectivity index (χ3n) is 3.59. The van der Waals surface area contributed by atoms with Gasteiger partial charge in [0.25, 0.3) is 0 Å². The van der Waals surface area contributed by atoms with Crippen LogP contribution in [0, 0.1) is 13.8 Å². The lowest BCUT2D eigenvalue weighted by Gasteiger charge is -2.06. The SMILES string of the molecule is Cc1ccc2[nH]cc(C(=O)c3cccc(Cl)c3C)c2c1. The number of halogens is 1. The summed E-state index contributed by atoms with van der Waals surface area (Å²) in [5.74, 6) is 0.00171. The Morgan fingerprint density at radius 2 is 1.90 bits per heavy atom. The fourth-order valence-electron chi connectivity index (χ4n) is 2.42. The number of carbonyl (C=O) groups is 1. The molecule has 100 valence electrons. The van der Waals surface area contributed by atoms with Gasteiger partial charge in [0, 0.05) is 33.2 Å². The maximum absolute atomic E-state index is 12.7.